The maximum atomic E-state index is 12.6. The highest BCUT2D eigenvalue weighted by Gasteiger charge is 2.38. The summed E-state index contributed by atoms with van der Waals surface area (Å²) in [4.78, 5) is 23.5. The van der Waals surface area contributed by atoms with Crippen molar-refractivity contribution >= 4 is 17.5 Å². The molecule has 0 bridgehead atoms. The molecule has 1 aromatic carbocycles. The summed E-state index contributed by atoms with van der Waals surface area (Å²) in [5.74, 6) is 0.834. The molecule has 1 aliphatic carbocycles. The number of amides is 2. The molecule has 3 atom stereocenters. The average Bonchev–Trinajstić information content (AvgIpc) is 3.04. The summed E-state index contributed by atoms with van der Waals surface area (Å²) in [6.45, 7) is -0.249. The first-order valence-corrected chi connectivity index (χ1v) is 8.73. The lowest BCUT2D eigenvalue weighted by Crippen LogP contribution is -2.39. The largest absolute Gasteiger partial charge is 0.493 e. The molecular weight excluding hydrogens is 322 g/mol. The van der Waals surface area contributed by atoms with Crippen LogP contribution in [-0.2, 0) is 9.59 Å². The summed E-state index contributed by atoms with van der Waals surface area (Å²) in [5.41, 5.74) is 5.71. The fourth-order valence-electron chi connectivity index (χ4n) is 3.77. The quantitative estimate of drug-likeness (QED) is 0.722. The van der Waals surface area contributed by atoms with Gasteiger partial charge in [0.2, 0.25) is 5.91 Å². The Morgan fingerprint density at radius 3 is 2.80 bits per heavy atom. The number of rotatable bonds is 6. The van der Waals surface area contributed by atoms with Gasteiger partial charge < -0.3 is 25.8 Å². The number of fused-ring (bicyclic) bond motifs is 1. The Morgan fingerprint density at radius 1 is 1.28 bits per heavy atom. The van der Waals surface area contributed by atoms with Gasteiger partial charge in [0.15, 0.2) is 18.1 Å². The fourth-order valence-corrected chi connectivity index (χ4v) is 3.77. The Balaban J connectivity index is 1.64. The van der Waals surface area contributed by atoms with E-state index >= 15 is 0 Å². The van der Waals surface area contributed by atoms with Crippen molar-refractivity contribution in [3.8, 4) is 11.5 Å². The molecule has 136 valence electrons. The van der Waals surface area contributed by atoms with Crippen molar-refractivity contribution in [1.82, 2.24) is 5.32 Å². The first kappa shape index (κ1) is 17.5. The second kappa shape index (κ2) is 7.74. The van der Waals surface area contributed by atoms with Crippen molar-refractivity contribution in [2.24, 2.45) is 11.7 Å². The number of primary amides is 1. The third-order valence-corrected chi connectivity index (χ3v) is 4.98. The number of anilines is 1. The molecule has 1 saturated carbocycles. The van der Waals surface area contributed by atoms with Gasteiger partial charge in [0.25, 0.3) is 5.91 Å². The number of hydrogen-bond donors (Lipinski definition) is 3. The van der Waals surface area contributed by atoms with E-state index in [0.717, 1.165) is 12.8 Å². The zero-order valence-electron chi connectivity index (χ0n) is 14.4. The van der Waals surface area contributed by atoms with Gasteiger partial charge in [-0.3, -0.25) is 9.59 Å². The second-order valence-electron chi connectivity index (χ2n) is 6.72. The Morgan fingerprint density at radius 2 is 2.08 bits per heavy atom. The van der Waals surface area contributed by atoms with Crippen LogP contribution in [0.2, 0.25) is 0 Å². The van der Waals surface area contributed by atoms with Gasteiger partial charge in [-0.05, 0) is 37.3 Å². The van der Waals surface area contributed by atoms with Crippen LogP contribution in [0.15, 0.2) is 18.2 Å². The van der Waals surface area contributed by atoms with Crippen molar-refractivity contribution in [1.29, 1.82) is 0 Å². The summed E-state index contributed by atoms with van der Waals surface area (Å²) >= 11 is 0. The molecule has 1 saturated heterocycles. The summed E-state index contributed by atoms with van der Waals surface area (Å²) < 4.78 is 10.5. The molecule has 7 nitrogen and oxygen atoms in total. The molecule has 2 fully saturated rings. The Bertz CT molecular complexity index is 635. The highest BCUT2D eigenvalue weighted by atomic mass is 16.5. The molecular formula is C18H25N3O4. The third kappa shape index (κ3) is 4.22. The third-order valence-electron chi connectivity index (χ3n) is 4.98. The van der Waals surface area contributed by atoms with Crippen molar-refractivity contribution < 1.29 is 19.1 Å². The van der Waals surface area contributed by atoms with Crippen LogP contribution in [0, 0.1) is 5.92 Å². The van der Waals surface area contributed by atoms with Gasteiger partial charge in [0.1, 0.15) is 0 Å². The predicted molar refractivity (Wildman–Crippen MR) is 93.6 cm³/mol. The summed E-state index contributed by atoms with van der Waals surface area (Å²) in [5, 5.41) is 6.38. The van der Waals surface area contributed by atoms with Gasteiger partial charge in [-0.25, -0.2) is 0 Å². The van der Waals surface area contributed by atoms with Crippen LogP contribution in [-0.4, -0.2) is 37.6 Å². The molecule has 2 aliphatic rings. The lowest BCUT2D eigenvalue weighted by atomic mass is 9.85. The standard InChI is InChI=1S/C18H25N3O4/c1-24-15-7-6-12(9-16(15)25-10-17(19)22)20-18(23)14-8-11-4-2-3-5-13(11)21-14/h6-7,9,11,13-14,21H,2-5,8,10H2,1H3,(H2,19,22)(H,20,23). The van der Waals surface area contributed by atoms with Crippen molar-refractivity contribution in [2.75, 3.05) is 19.0 Å². The van der Waals surface area contributed by atoms with Crippen LogP contribution >= 0.6 is 0 Å². The van der Waals surface area contributed by atoms with Crippen molar-refractivity contribution in [3.63, 3.8) is 0 Å². The second-order valence-corrected chi connectivity index (χ2v) is 6.72. The van der Waals surface area contributed by atoms with E-state index in [4.69, 9.17) is 15.2 Å². The van der Waals surface area contributed by atoms with E-state index in [-0.39, 0.29) is 18.6 Å². The number of hydrogen-bond acceptors (Lipinski definition) is 5. The van der Waals surface area contributed by atoms with Gasteiger partial charge in [0, 0.05) is 17.8 Å². The van der Waals surface area contributed by atoms with E-state index < -0.39 is 5.91 Å². The fraction of sp³-hybridized carbons (Fsp3) is 0.556. The molecule has 0 spiro atoms. The van der Waals surface area contributed by atoms with Crippen LogP contribution in [0.1, 0.15) is 32.1 Å². The van der Waals surface area contributed by atoms with E-state index in [1.807, 2.05) is 0 Å². The average molecular weight is 347 g/mol. The van der Waals surface area contributed by atoms with Gasteiger partial charge in [0.05, 0.1) is 13.2 Å². The smallest absolute Gasteiger partial charge is 0.255 e. The van der Waals surface area contributed by atoms with Gasteiger partial charge in [-0.15, -0.1) is 0 Å². The van der Waals surface area contributed by atoms with Crippen molar-refractivity contribution in [2.45, 2.75) is 44.2 Å². The topological polar surface area (TPSA) is 103 Å². The number of carbonyl (C=O) groups is 2. The monoisotopic (exact) mass is 347 g/mol. The van der Waals surface area contributed by atoms with E-state index in [1.54, 1.807) is 18.2 Å². The molecule has 3 unspecified atom stereocenters. The van der Waals surface area contributed by atoms with Crippen molar-refractivity contribution in [3.05, 3.63) is 18.2 Å². The molecule has 1 aromatic rings. The zero-order valence-corrected chi connectivity index (χ0v) is 14.4. The molecule has 4 N–H and O–H groups in total. The molecule has 1 heterocycles. The lowest BCUT2D eigenvalue weighted by Gasteiger charge is -2.24. The number of nitrogens with two attached hydrogens (primary N) is 1. The molecule has 25 heavy (non-hydrogen) atoms. The molecule has 0 aromatic heterocycles. The highest BCUT2D eigenvalue weighted by molar-refractivity contribution is 5.95. The minimum absolute atomic E-state index is 0.0413. The number of ether oxygens (including phenoxy) is 2. The Hall–Kier alpha value is -2.28. The predicted octanol–water partition coefficient (Wildman–Crippen LogP) is 1.42. The number of carbonyl (C=O) groups excluding carboxylic acids is 2. The SMILES string of the molecule is COc1ccc(NC(=O)C2CC3CCCCC3N2)cc1OCC(N)=O. The molecule has 0 radical (unpaired) electrons. The first-order valence-electron chi connectivity index (χ1n) is 8.73. The maximum absolute atomic E-state index is 12.6. The van der Waals surface area contributed by atoms with E-state index in [9.17, 15) is 9.59 Å². The Kier molecular flexibility index (Phi) is 5.43. The van der Waals surface area contributed by atoms with E-state index in [0.29, 0.717) is 29.1 Å². The number of nitrogens with one attached hydrogen (secondary N) is 2. The zero-order chi connectivity index (χ0) is 17.8. The van der Waals surface area contributed by atoms with Crippen LogP contribution in [0.4, 0.5) is 5.69 Å². The van der Waals surface area contributed by atoms with E-state index in [1.165, 1.54) is 26.4 Å². The van der Waals surface area contributed by atoms with Crippen LogP contribution in [0.3, 0.4) is 0 Å². The van der Waals surface area contributed by atoms with Gasteiger partial charge in [-0.1, -0.05) is 12.8 Å². The lowest BCUT2D eigenvalue weighted by molar-refractivity contribution is -0.120. The molecule has 3 rings (SSSR count). The highest BCUT2D eigenvalue weighted by Crippen LogP contribution is 2.34. The van der Waals surface area contributed by atoms with E-state index in [2.05, 4.69) is 10.6 Å². The molecule has 7 heteroatoms. The molecule has 1 aliphatic heterocycles. The molecule has 2 amide bonds. The van der Waals surface area contributed by atoms with Gasteiger partial charge >= 0.3 is 0 Å². The Labute approximate surface area is 147 Å². The summed E-state index contributed by atoms with van der Waals surface area (Å²) in [6.07, 6.45) is 5.74. The number of methoxy groups -OCH3 is 1. The minimum atomic E-state index is -0.575. The van der Waals surface area contributed by atoms with Crippen LogP contribution in [0.25, 0.3) is 0 Å². The summed E-state index contributed by atoms with van der Waals surface area (Å²) in [6, 6.07) is 5.38. The normalized spacial score (nSPS) is 25.1. The first-order chi connectivity index (χ1) is 12.1. The minimum Gasteiger partial charge on any atom is -0.493 e. The number of benzene rings is 1. The van der Waals surface area contributed by atoms with Gasteiger partial charge in [-0.2, -0.15) is 0 Å². The van der Waals surface area contributed by atoms with Crippen LogP contribution in [0.5, 0.6) is 11.5 Å². The maximum Gasteiger partial charge on any atom is 0.255 e. The van der Waals surface area contributed by atoms with Crippen LogP contribution < -0.4 is 25.8 Å². The summed E-state index contributed by atoms with van der Waals surface area (Å²) in [7, 11) is 1.51.